The van der Waals surface area contributed by atoms with E-state index in [-0.39, 0.29) is 22.5 Å². The molecule has 0 aliphatic carbocycles. The molecule has 8 heteroatoms. The number of fused-ring (bicyclic) bond motifs is 1. The van der Waals surface area contributed by atoms with Gasteiger partial charge in [0.2, 0.25) is 0 Å². The molecule has 27 heavy (non-hydrogen) atoms. The molecule has 0 bridgehead atoms. The number of carbonyl (C=O) groups is 1. The second-order valence-electron chi connectivity index (χ2n) is 6.24. The summed E-state index contributed by atoms with van der Waals surface area (Å²) in [6, 6.07) is 11.1. The molecular weight excluding hydrogens is 344 g/mol. The van der Waals surface area contributed by atoms with Crippen molar-refractivity contribution in [3.05, 3.63) is 87.9 Å². The third-order valence-electron chi connectivity index (χ3n) is 4.52. The van der Waals surface area contributed by atoms with Gasteiger partial charge in [0.05, 0.1) is 23.0 Å². The van der Waals surface area contributed by atoms with Gasteiger partial charge in [0.15, 0.2) is 0 Å². The number of hydrogen-bond acceptors (Lipinski definition) is 4. The van der Waals surface area contributed by atoms with E-state index in [2.05, 4.69) is 20.5 Å². The van der Waals surface area contributed by atoms with E-state index in [0.717, 1.165) is 11.3 Å². The molecule has 0 fully saturated rings. The maximum Gasteiger partial charge on any atom is 0.274 e. The maximum atomic E-state index is 13.1. The summed E-state index contributed by atoms with van der Waals surface area (Å²) >= 11 is 0. The van der Waals surface area contributed by atoms with Gasteiger partial charge in [0.1, 0.15) is 5.52 Å². The van der Waals surface area contributed by atoms with Crippen LogP contribution in [0.25, 0.3) is 5.52 Å². The number of carbonyl (C=O) groups excluding carboxylic acids is 1. The molecule has 0 spiro atoms. The minimum atomic E-state index is -0.414. The largest absolute Gasteiger partial charge is 0.339 e. The van der Waals surface area contributed by atoms with Crippen molar-refractivity contribution in [2.24, 2.45) is 7.05 Å². The third kappa shape index (κ3) is 2.91. The molecule has 4 aromatic rings. The monoisotopic (exact) mass is 362 g/mol. The molecule has 0 radical (unpaired) electrons. The summed E-state index contributed by atoms with van der Waals surface area (Å²) in [6.07, 6.45) is 4.78. The van der Waals surface area contributed by atoms with Crippen LogP contribution in [0.1, 0.15) is 33.4 Å². The third-order valence-corrected chi connectivity index (χ3v) is 4.52. The Balaban J connectivity index is 1.79. The Kier molecular flexibility index (Phi) is 4.08. The topological polar surface area (TPSA) is 97.1 Å². The number of benzene rings is 1. The van der Waals surface area contributed by atoms with Crippen LogP contribution >= 0.6 is 0 Å². The van der Waals surface area contributed by atoms with Crippen molar-refractivity contribution in [2.75, 3.05) is 0 Å². The smallest absolute Gasteiger partial charge is 0.274 e. The highest BCUT2D eigenvalue weighted by Gasteiger charge is 2.25. The molecule has 1 aromatic carbocycles. The zero-order chi connectivity index (χ0) is 19.0. The fraction of sp³-hybridized carbons (Fsp3) is 0.158. The number of H-pyrrole nitrogens is 1. The predicted molar refractivity (Wildman–Crippen MR) is 99.5 cm³/mol. The van der Waals surface area contributed by atoms with Gasteiger partial charge in [0.25, 0.3) is 11.5 Å². The highest BCUT2D eigenvalue weighted by molar-refractivity contribution is 6.02. The fourth-order valence-corrected chi connectivity index (χ4v) is 3.24. The summed E-state index contributed by atoms with van der Waals surface area (Å²) in [5, 5.41) is 11.5. The number of rotatable bonds is 4. The fourth-order valence-electron chi connectivity index (χ4n) is 3.24. The van der Waals surface area contributed by atoms with E-state index in [9.17, 15) is 9.59 Å². The summed E-state index contributed by atoms with van der Waals surface area (Å²) in [5.41, 5.74) is 2.36. The van der Waals surface area contributed by atoms with E-state index in [1.807, 2.05) is 43.4 Å². The Morgan fingerprint density at radius 1 is 1.22 bits per heavy atom. The van der Waals surface area contributed by atoms with E-state index in [0.29, 0.717) is 5.69 Å². The van der Waals surface area contributed by atoms with Crippen molar-refractivity contribution >= 4 is 11.4 Å². The second-order valence-corrected chi connectivity index (χ2v) is 6.24. The van der Waals surface area contributed by atoms with Crippen molar-refractivity contribution in [3.8, 4) is 0 Å². The quantitative estimate of drug-likeness (QED) is 0.576. The normalized spacial score (nSPS) is 12.2. The zero-order valence-corrected chi connectivity index (χ0v) is 14.9. The average molecular weight is 362 g/mol. The van der Waals surface area contributed by atoms with Gasteiger partial charge in [-0.05, 0) is 18.6 Å². The van der Waals surface area contributed by atoms with Crippen molar-refractivity contribution in [1.82, 2.24) is 29.7 Å². The van der Waals surface area contributed by atoms with Gasteiger partial charge in [0, 0.05) is 25.6 Å². The molecule has 3 heterocycles. The van der Waals surface area contributed by atoms with E-state index >= 15 is 0 Å². The first kappa shape index (κ1) is 16.8. The lowest BCUT2D eigenvalue weighted by Crippen LogP contribution is -2.31. The summed E-state index contributed by atoms with van der Waals surface area (Å²) in [4.78, 5) is 28.0. The van der Waals surface area contributed by atoms with E-state index in [4.69, 9.17) is 0 Å². The second kappa shape index (κ2) is 6.56. The van der Waals surface area contributed by atoms with Crippen LogP contribution in [0.2, 0.25) is 0 Å². The van der Waals surface area contributed by atoms with E-state index in [1.54, 1.807) is 24.0 Å². The summed E-state index contributed by atoms with van der Waals surface area (Å²) in [7, 11) is 1.82. The lowest BCUT2D eigenvalue weighted by molar-refractivity contribution is 0.0942. The SMILES string of the molecule is Cc1nn2cc[nH]c(=O)c2c1C(=O)NC(c1ccccc1)c1ccnn1C. The Hall–Kier alpha value is -3.68. The van der Waals surface area contributed by atoms with Crippen molar-refractivity contribution in [1.29, 1.82) is 0 Å². The molecule has 1 atom stereocenters. The molecule has 1 amide bonds. The number of aromatic nitrogens is 5. The number of aryl methyl sites for hydroxylation is 2. The summed E-state index contributed by atoms with van der Waals surface area (Å²) in [5.74, 6) is -0.366. The number of nitrogens with one attached hydrogen (secondary N) is 2. The van der Waals surface area contributed by atoms with Crippen molar-refractivity contribution < 1.29 is 4.79 Å². The van der Waals surface area contributed by atoms with Crippen LogP contribution in [0.4, 0.5) is 0 Å². The van der Waals surface area contributed by atoms with Crippen molar-refractivity contribution in [3.63, 3.8) is 0 Å². The van der Waals surface area contributed by atoms with Crippen LogP contribution in [-0.2, 0) is 7.05 Å². The Morgan fingerprint density at radius 3 is 2.70 bits per heavy atom. The lowest BCUT2D eigenvalue weighted by atomic mass is 10.0. The minimum absolute atomic E-state index is 0.226. The van der Waals surface area contributed by atoms with Crippen LogP contribution in [0, 0.1) is 6.92 Å². The lowest BCUT2D eigenvalue weighted by Gasteiger charge is -2.19. The Bertz CT molecular complexity index is 1170. The molecule has 8 nitrogen and oxygen atoms in total. The predicted octanol–water partition coefficient (Wildman–Crippen LogP) is 1.58. The first-order chi connectivity index (χ1) is 13.1. The molecule has 0 saturated carbocycles. The summed E-state index contributed by atoms with van der Waals surface area (Å²) < 4.78 is 3.14. The molecule has 3 aromatic heterocycles. The van der Waals surface area contributed by atoms with Crippen LogP contribution in [0.5, 0.6) is 0 Å². The number of hydrogen-bond donors (Lipinski definition) is 2. The van der Waals surface area contributed by atoms with E-state index in [1.165, 1.54) is 10.7 Å². The first-order valence-electron chi connectivity index (χ1n) is 8.46. The van der Waals surface area contributed by atoms with Crippen LogP contribution in [-0.4, -0.2) is 30.3 Å². The van der Waals surface area contributed by atoms with Gasteiger partial charge in [-0.25, -0.2) is 4.52 Å². The highest BCUT2D eigenvalue weighted by Crippen LogP contribution is 2.23. The van der Waals surface area contributed by atoms with Gasteiger partial charge in [-0.15, -0.1) is 0 Å². The molecule has 2 N–H and O–H groups in total. The standard InChI is InChI=1S/C19H18N6O2/c1-12-15(17-19(27)20-10-11-25(17)23-12)18(26)22-16(13-6-4-3-5-7-13)14-8-9-21-24(14)2/h3-11,16H,1-2H3,(H,20,27)(H,22,26). The van der Waals surface area contributed by atoms with Gasteiger partial charge >= 0.3 is 0 Å². The van der Waals surface area contributed by atoms with Crippen molar-refractivity contribution in [2.45, 2.75) is 13.0 Å². The molecule has 0 saturated heterocycles. The number of aromatic amines is 1. The van der Waals surface area contributed by atoms with Gasteiger partial charge < -0.3 is 10.3 Å². The van der Waals surface area contributed by atoms with Crippen LogP contribution in [0.15, 0.2) is 59.8 Å². The van der Waals surface area contributed by atoms with Gasteiger partial charge in [-0.1, -0.05) is 30.3 Å². The maximum absolute atomic E-state index is 13.1. The highest BCUT2D eigenvalue weighted by atomic mass is 16.2. The molecular formula is C19H18N6O2. The Labute approximate surface area is 154 Å². The molecule has 1 unspecified atom stereocenters. The molecule has 136 valence electrons. The molecule has 0 aliphatic rings. The molecule has 4 rings (SSSR count). The first-order valence-corrected chi connectivity index (χ1v) is 8.46. The van der Waals surface area contributed by atoms with E-state index < -0.39 is 6.04 Å². The number of nitrogens with zero attached hydrogens (tertiary/aromatic N) is 4. The van der Waals surface area contributed by atoms with Crippen LogP contribution < -0.4 is 10.9 Å². The number of amides is 1. The average Bonchev–Trinajstić information content (AvgIpc) is 3.23. The minimum Gasteiger partial charge on any atom is -0.339 e. The summed E-state index contributed by atoms with van der Waals surface area (Å²) in [6.45, 7) is 1.71. The van der Waals surface area contributed by atoms with Crippen LogP contribution in [0.3, 0.4) is 0 Å². The molecule has 0 aliphatic heterocycles. The Morgan fingerprint density at radius 2 is 2.00 bits per heavy atom. The van der Waals surface area contributed by atoms with Gasteiger partial charge in [-0.3, -0.25) is 14.3 Å². The zero-order valence-electron chi connectivity index (χ0n) is 14.9. The van der Waals surface area contributed by atoms with Gasteiger partial charge in [-0.2, -0.15) is 10.2 Å².